The standard InChI is InChI=1S/C23H24N2O3/c1-16-10-11-22(27)25-21(14-17-6-3-2-4-7-17)23(28)24-20(15-26)13-18-8-5-9-19(16)12-18/h2-9,12,15,20-21H,1,10-11,13-14H2,(H,24,28)(H,25,27)/t20-,21-/m0/s1. The van der Waals surface area contributed by atoms with Gasteiger partial charge in [0.25, 0.3) is 0 Å². The van der Waals surface area contributed by atoms with Crippen molar-refractivity contribution in [3.05, 3.63) is 77.9 Å². The minimum Gasteiger partial charge on any atom is -0.344 e. The molecule has 5 nitrogen and oxygen atoms in total. The lowest BCUT2D eigenvalue weighted by molar-refractivity contribution is -0.130. The van der Waals surface area contributed by atoms with E-state index in [4.69, 9.17) is 0 Å². The molecule has 0 saturated heterocycles. The number of nitrogens with one attached hydrogen (secondary N) is 2. The van der Waals surface area contributed by atoms with Crippen molar-refractivity contribution in [1.82, 2.24) is 10.6 Å². The van der Waals surface area contributed by atoms with E-state index in [9.17, 15) is 14.4 Å². The van der Waals surface area contributed by atoms with Gasteiger partial charge in [-0.25, -0.2) is 0 Å². The Morgan fingerprint density at radius 3 is 2.54 bits per heavy atom. The fourth-order valence-corrected chi connectivity index (χ4v) is 3.32. The molecule has 2 amide bonds. The average molecular weight is 376 g/mol. The molecule has 1 aliphatic heterocycles. The second kappa shape index (κ2) is 9.13. The Kier molecular flexibility index (Phi) is 6.37. The van der Waals surface area contributed by atoms with Crippen LogP contribution in [0.15, 0.2) is 61.2 Å². The summed E-state index contributed by atoms with van der Waals surface area (Å²) in [5.41, 5.74) is 3.68. The number of rotatable bonds is 3. The molecular formula is C23H24N2O3. The number of fused-ring (bicyclic) bond motifs is 2. The number of carbonyl (C=O) groups excluding carboxylic acids is 3. The summed E-state index contributed by atoms with van der Waals surface area (Å²) in [4.78, 5) is 36.8. The molecule has 0 fully saturated rings. The van der Waals surface area contributed by atoms with E-state index in [0.717, 1.165) is 28.5 Å². The highest BCUT2D eigenvalue weighted by atomic mass is 16.2. The van der Waals surface area contributed by atoms with Crippen LogP contribution in [-0.4, -0.2) is 30.2 Å². The Bertz CT molecular complexity index is 876. The quantitative estimate of drug-likeness (QED) is 0.808. The van der Waals surface area contributed by atoms with Gasteiger partial charge in [0, 0.05) is 12.8 Å². The van der Waals surface area contributed by atoms with E-state index in [1.165, 1.54) is 0 Å². The van der Waals surface area contributed by atoms with Gasteiger partial charge in [-0.2, -0.15) is 0 Å². The maximum absolute atomic E-state index is 12.8. The van der Waals surface area contributed by atoms with Gasteiger partial charge in [0.05, 0.1) is 6.04 Å². The van der Waals surface area contributed by atoms with Crippen molar-refractivity contribution in [2.24, 2.45) is 0 Å². The van der Waals surface area contributed by atoms with Crippen LogP contribution in [0.1, 0.15) is 29.5 Å². The fraction of sp³-hybridized carbons (Fsp3) is 0.261. The number of hydrogen-bond acceptors (Lipinski definition) is 3. The van der Waals surface area contributed by atoms with Gasteiger partial charge in [0.15, 0.2) is 0 Å². The molecule has 2 N–H and O–H groups in total. The first-order valence-corrected chi connectivity index (χ1v) is 9.41. The van der Waals surface area contributed by atoms with Gasteiger partial charge >= 0.3 is 0 Å². The lowest BCUT2D eigenvalue weighted by Crippen LogP contribution is -2.51. The molecule has 1 heterocycles. The van der Waals surface area contributed by atoms with E-state index in [1.807, 2.05) is 54.6 Å². The van der Waals surface area contributed by atoms with Crippen LogP contribution >= 0.6 is 0 Å². The van der Waals surface area contributed by atoms with Crippen molar-refractivity contribution in [3.8, 4) is 0 Å². The summed E-state index contributed by atoms with van der Waals surface area (Å²) in [6.07, 6.45) is 2.24. The van der Waals surface area contributed by atoms with Gasteiger partial charge in [0.1, 0.15) is 12.3 Å². The number of amides is 2. The highest BCUT2D eigenvalue weighted by molar-refractivity contribution is 5.90. The second-order valence-corrected chi connectivity index (χ2v) is 7.07. The molecule has 1 aliphatic rings. The lowest BCUT2D eigenvalue weighted by Gasteiger charge is -2.21. The highest BCUT2D eigenvalue weighted by Gasteiger charge is 2.24. The van der Waals surface area contributed by atoms with Crippen molar-refractivity contribution in [2.75, 3.05) is 0 Å². The molecule has 2 atom stereocenters. The molecule has 0 unspecified atom stereocenters. The topological polar surface area (TPSA) is 75.3 Å². The summed E-state index contributed by atoms with van der Waals surface area (Å²) in [6, 6.07) is 15.8. The smallest absolute Gasteiger partial charge is 0.243 e. The van der Waals surface area contributed by atoms with E-state index < -0.39 is 12.1 Å². The number of carbonyl (C=O) groups is 3. The Labute approximate surface area is 164 Å². The third-order valence-electron chi connectivity index (χ3n) is 4.87. The normalized spacial score (nSPS) is 20.8. The third-order valence-corrected chi connectivity index (χ3v) is 4.87. The van der Waals surface area contributed by atoms with E-state index in [2.05, 4.69) is 17.2 Å². The summed E-state index contributed by atoms with van der Waals surface area (Å²) in [5.74, 6) is -0.571. The molecule has 2 bridgehead atoms. The van der Waals surface area contributed by atoms with Crippen LogP contribution in [-0.2, 0) is 27.2 Å². The predicted octanol–water partition coefficient (Wildman–Crippen LogP) is 2.45. The zero-order valence-electron chi connectivity index (χ0n) is 15.7. The Morgan fingerprint density at radius 2 is 1.79 bits per heavy atom. The van der Waals surface area contributed by atoms with Crippen molar-refractivity contribution in [2.45, 2.75) is 37.8 Å². The minimum atomic E-state index is -0.741. The third kappa shape index (κ3) is 5.16. The number of aldehydes is 1. The molecule has 2 aromatic carbocycles. The highest BCUT2D eigenvalue weighted by Crippen LogP contribution is 2.20. The largest absolute Gasteiger partial charge is 0.344 e. The molecular weight excluding hydrogens is 352 g/mol. The van der Waals surface area contributed by atoms with Crippen LogP contribution in [0.2, 0.25) is 0 Å². The van der Waals surface area contributed by atoms with Gasteiger partial charge in [0.2, 0.25) is 11.8 Å². The van der Waals surface area contributed by atoms with Crippen LogP contribution in [0, 0.1) is 0 Å². The molecule has 0 spiro atoms. The summed E-state index contributed by atoms with van der Waals surface area (Å²) in [5, 5.41) is 5.59. The second-order valence-electron chi connectivity index (χ2n) is 7.07. The van der Waals surface area contributed by atoms with Crippen molar-refractivity contribution < 1.29 is 14.4 Å². The van der Waals surface area contributed by atoms with Crippen molar-refractivity contribution in [3.63, 3.8) is 0 Å². The Hall–Kier alpha value is -3.21. The number of allylic oxidation sites excluding steroid dienone is 1. The zero-order chi connectivity index (χ0) is 19.9. The van der Waals surface area contributed by atoms with E-state index in [-0.39, 0.29) is 18.2 Å². The molecule has 2 aromatic rings. The molecule has 0 aromatic heterocycles. The van der Waals surface area contributed by atoms with Gasteiger partial charge in [-0.15, -0.1) is 0 Å². The number of hydrogen-bond donors (Lipinski definition) is 2. The van der Waals surface area contributed by atoms with Crippen molar-refractivity contribution in [1.29, 1.82) is 0 Å². The molecule has 0 aliphatic carbocycles. The number of benzene rings is 2. The zero-order valence-corrected chi connectivity index (χ0v) is 15.7. The molecule has 0 saturated carbocycles. The van der Waals surface area contributed by atoms with Crippen LogP contribution in [0.25, 0.3) is 5.57 Å². The first-order chi connectivity index (χ1) is 13.5. The fourth-order valence-electron chi connectivity index (χ4n) is 3.32. The van der Waals surface area contributed by atoms with Gasteiger partial charge in [-0.05, 0) is 35.1 Å². The summed E-state index contributed by atoms with van der Waals surface area (Å²) in [7, 11) is 0. The Morgan fingerprint density at radius 1 is 1.00 bits per heavy atom. The first-order valence-electron chi connectivity index (χ1n) is 9.41. The summed E-state index contributed by atoms with van der Waals surface area (Å²) in [6.45, 7) is 4.08. The van der Waals surface area contributed by atoms with E-state index in [0.29, 0.717) is 19.3 Å². The van der Waals surface area contributed by atoms with Crippen LogP contribution in [0.4, 0.5) is 0 Å². The molecule has 144 valence electrons. The maximum Gasteiger partial charge on any atom is 0.243 e. The first kappa shape index (κ1) is 19.5. The van der Waals surface area contributed by atoms with Gasteiger partial charge in [-0.1, -0.05) is 61.2 Å². The molecule has 0 radical (unpaired) electrons. The maximum atomic E-state index is 12.8. The van der Waals surface area contributed by atoms with E-state index in [1.54, 1.807) is 0 Å². The minimum absolute atomic E-state index is 0.213. The van der Waals surface area contributed by atoms with Gasteiger partial charge < -0.3 is 15.4 Å². The van der Waals surface area contributed by atoms with Crippen LogP contribution in [0.5, 0.6) is 0 Å². The van der Waals surface area contributed by atoms with Gasteiger partial charge in [-0.3, -0.25) is 9.59 Å². The monoisotopic (exact) mass is 376 g/mol. The van der Waals surface area contributed by atoms with E-state index >= 15 is 0 Å². The SMILES string of the molecule is C=C1CCC(=O)N[C@@H](Cc2ccccc2)C(=O)N[C@H](C=O)Cc2cccc1c2. The summed E-state index contributed by atoms with van der Waals surface area (Å²) >= 11 is 0. The van der Waals surface area contributed by atoms with Crippen LogP contribution in [0.3, 0.4) is 0 Å². The van der Waals surface area contributed by atoms with Crippen molar-refractivity contribution >= 4 is 23.7 Å². The van der Waals surface area contributed by atoms with Crippen LogP contribution < -0.4 is 10.6 Å². The molecule has 3 rings (SSSR count). The molecule has 28 heavy (non-hydrogen) atoms. The lowest BCUT2D eigenvalue weighted by atomic mass is 9.98. The average Bonchev–Trinajstić information content (AvgIpc) is 2.71. The summed E-state index contributed by atoms with van der Waals surface area (Å²) < 4.78 is 0. The Balaban J connectivity index is 1.86. The molecule has 5 heteroatoms. The predicted molar refractivity (Wildman–Crippen MR) is 108 cm³/mol.